The number of aromatic nitrogens is 2. The summed E-state index contributed by atoms with van der Waals surface area (Å²) in [6.07, 6.45) is 4.80. The van der Waals surface area contributed by atoms with Crippen molar-refractivity contribution < 1.29 is 23.8 Å². The van der Waals surface area contributed by atoms with Crippen molar-refractivity contribution in [3.8, 4) is 17.0 Å². The van der Waals surface area contributed by atoms with Gasteiger partial charge in [0.2, 0.25) is 0 Å². The Kier molecular flexibility index (Phi) is 9.02. The molecule has 1 atom stereocenters. The minimum absolute atomic E-state index is 0.217. The van der Waals surface area contributed by atoms with Gasteiger partial charge in [-0.1, -0.05) is 26.0 Å². The molecule has 0 radical (unpaired) electrons. The molecule has 3 aromatic rings. The first-order chi connectivity index (χ1) is 19.2. The lowest BCUT2D eigenvalue weighted by atomic mass is 9.82. The average molecular weight is 564 g/mol. The van der Waals surface area contributed by atoms with Gasteiger partial charge in [-0.05, 0) is 82.2 Å². The van der Waals surface area contributed by atoms with Gasteiger partial charge in [0.25, 0.3) is 0 Å². The van der Waals surface area contributed by atoms with Gasteiger partial charge in [0.05, 0.1) is 29.8 Å². The highest BCUT2D eigenvalue weighted by atomic mass is 19.1. The average Bonchev–Trinajstić information content (AvgIpc) is 2.89. The molecule has 4 rings (SSSR count). The summed E-state index contributed by atoms with van der Waals surface area (Å²) in [5.41, 5.74) is 4.47. The summed E-state index contributed by atoms with van der Waals surface area (Å²) >= 11 is 0. The predicted octanol–water partition coefficient (Wildman–Crippen LogP) is 7.09. The highest BCUT2D eigenvalue weighted by Gasteiger charge is 2.36. The number of hydrogen-bond acceptors (Lipinski definition) is 6. The van der Waals surface area contributed by atoms with Gasteiger partial charge in [0.1, 0.15) is 11.6 Å². The van der Waals surface area contributed by atoms with Crippen LogP contribution in [0.4, 0.5) is 10.1 Å². The number of carbonyl (C=O) groups is 1. The van der Waals surface area contributed by atoms with Crippen molar-refractivity contribution in [1.82, 2.24) is 9.97 Å². The summed E-state index contributed by atoms with van der Waals surface area (Å²) in [6.45, 7) is 15.6. The molecule has 1 N–H and O–H groups in total. The van der Waals surface area contributed by atoms with Crippen LogP contribution in [0.25, 0.3) is 11.3 Å². The lowest BCUT2D eigenvalue weighted by Crippen LogP contribution is -2.39. The summed E-state index contributed by atoms with van der Waals surface area (Å²) in [6, 6.07) is 8.93. The molecule has 7 nitrogen and oxygen atoms in total. The molecule has 0 aliphatic carbocycles. The highest BCUT2D eigenvalue weighted by Crippen LogP contribution is 2.43. The molecular weight excluding hydrogens is 521 g/mol. The van der Waals surface area contributed by atoms with Crippen LogP contribution in [0.1, 0.15) is 75.9 Å². The number of carboxylic acids is 1. The molecule has 0 amide bonds. The van der Waals surface area contributed by atoms with Crippen LogP contribution in [0.3, 0.4) is 0 Å². The number of carboxylic acid groups (broad SMARTS) is 1. The SMILES string of the molecule is Cc1ccc(CCOc2ccc(-c3cnc(C)c([C@H](OC(C)(C)C)C(=O)O)c3N3CCC(C)(C)CC3)nc2)cc1F. The summed E-state index contributed by atoms with van der Waals surface area (Å²) in [5, 5.41) is 10.3. The Morgan fingerprint density at radius 3 is 2.39 bits per heavy atom. The van der Waals surface area contributed by atoms with E-state index < -0.39 is 17.7 Å². The van der Waals surface area contributed by atoms with Crippen LogP contribution in [0.2, 0.25) is 0 Å². The molecule has 1 aromatic carbocycles. The van der Waals surface area contributed by atoms with E-state index >= 15 is 0 Å². The molecule has 2 aromatic heterocycles. The number of anilines is 1. The van der Waals surface area contributed by atoms with Crippen molar-refractivity contribution in [3.63, 3.8) is 0 Å². The van der Waals surface area contributed by atoms with E-state index in [0.29, 0.717) is 41.3 Å². The first-order valence-corrected chi connectivity index (χ1v) is 14.2. The summed E-state index contributed by atoms with van der Waals surface area (Å²) < 4.78 is 25.9. The first-order valence-electron chi connectivity index (χ1n) is 14.2. The number of benzene rings is 1. The fraction of sp³-hybridized carbons (Fsp3) is 0.485. The van der Waals surface area contributed by atoms with Gasteiger partial charge in [-0.25, -0.2) is 9.18 Å². The molecule has 1 fully saturated rings. The van der Waals surface area contributed by atoms with Crippen LogP contribution in [-0.2, 0) is 16.0 Å². The Balaban J connectivity index is 1.66. The van der Waals surface area contributed by atoms with Crippen LogP contribution in [0.5, 0.6) is 5.75 Å². The standard InChI is InChI=1S/C33H42FN3O4/c1-21-8-9-23(18-26(21)34)12-17-40-24-10-11-27(36-19-24)25-20-35-22(2)28(30(31(38)39)41-32(3,4)5)29(25)37-15-13-33(6,7)14-16-37/h8-11,18-20,30H,12-17H2,1-7H3,(H,38,39)/t30-/m0/s1. The molecule has 3 heterocycles. The number of ether oxygens (including phenoxy) is 2. The third-order valence-corrected chi connectivity index (χ3v) is 7.59. The molecule has 1 aliphatic rings. The van der Waals surface area contributed by atoms with Crippen molar-refractivity contribution in [3.05, 3.63) is 70.9 Å². The molecule has 1 saturated heterocycles. The maximum absolute atomic E-state index is 13.9. The molecule has 0 bridgehead atoms. The molecule has 0 spiro atoms. The van der Waals surface area contributed by atoms with E-state index in [9.17, 15) is 14.3 Å². The van der Waals surface area contributed by atoms with Crippen molar-refractivity contribution >= 4 is 11.7 Å². The lowest BCUT2D eigenvalue weighted by Gasteiger charge is -2.40. The number of pyridine rings is 2. The van der Waals surface area contributed by atoms with E-state index in [1.165, 1.54) is 0 Å². The van der Waals surface area contributed by atoms with E-state index in [-0.39, 0.29) is 11.2 Å². The summed E-state index contributed by atoms with van der Waals surface area (Å²) in [7, 11) is 0. The van der Waals surface area contributed by atoms with Gasteiger partial charge >= 0.3 is 5.97 Å². The fourth-order valence-corrected chi connectivity index (χ4v) is 5.08. The van der Waals surface area contributed by atoms with Gasteiger partial charge < -0.3 is 19.5 Å². The Morgan fingerprint density at radius 2 is 1.80 bits per heavy atom. The van der Waals surface area contributed by atoms with E-state index in [1.807, 2.05) is 45.9 Å². The number of rotatable bonds is 9. The Bertz CT molecular complexity index is 1370. The zero-order valence-electron chi connectivity index (χ0n) is 25.3. The fourth-order valence-electron chi connectivity index (χ4n) is 5.08. The molecule has 41 heavy (non-hydrogen) atoms. The first kappa shape index (κ1) is 30.4. The summed E-state index contributed by atoms with van der Waals surface area (Å²) in [5.74, 6) is -0.668. The zero-order valence-corrected chi connectivity index (χ0v) is 25.3. The van der Waals surface area contributed by atoms with Crippen LogP contribution in [0.15, 0.2) is 42.7 Å². The maximum Gasteiger partial charge on any atom is 0.337 e. The molecule has 0 unspecified atom stereocenters. The Hall–Kier alpha value is -3.52. The summed E-state index contributed by atoms with van der Waals surface area (Å²) in [4.78, 5) is 24.2. The second kappa shape index (κ2) is 12.1. The number of hydrogen-bond donors (Lipinski definition) is 1. The van der Waals surface area contributed by atoms with Gasteiger partial charge in [0, 0.05) is 42.5 Å². The Morgan fingerprint density at radius 1 is 1.10 bits per heavy atom. The third kappa shape index (κ3) is 7.61. The van der Waals surface area contributed by atoms with E-state index in [1.54, 1.807) is 31.5 Å². The number of aliphatic carboxylic acids is 1. The second-order valence-electron chi connectivity index (χ2n) is 12.7. The van der Waals surface area contributed by atoms with Crippen molar-refractivity contribution in [2.24, 2.45) is 5.41 Å². The quantitative estimate of drug-likeness (QED) is 0.298. The maximum atomic E-state index is 13.9. The minimum atomic E-state index is -1.18. The van der Waals surface area contributed by atoms with Gasteiger partial charge in [-0.3, -0.25) is 9.97 Å². The third-order valence-electron chi connectivity index (χ3n) is 7.59. The zero-order chi connectivity index (χ0) is 29.9. The number of aryl methyl sites for hydroxylation is 2. The van der Waals surface area contributed by atoms with Gasteiger partial charge in [-0.15, -0.1) is 0 Å². The van der Waals surface area contributed by atoms with Crippen LogP contribution >= 0.6 is 0 Å². The minimum Gasteiger partial charge on any atom is -0.492 e. The second-order valence-corrected chi connectivity index (χ2v) is 12.7. The normalized spacial score (nSPS) is 16.0. The lowest BCUT2D eigenvalue weighted by molar-refractivity contribution is -0.160. The number of halogens is 1. The van der Waals surface area contributed by atoms with Crippen LogP contribution in [-0.4, -0.2) is 46.3 Å². The predicted molar refractivity (Wildman–Crippen MR) is 159 cm³/mol. The van der Waals surface area contributed by atoms with Gasteiger partial charge in [-0.2, -0.15) is 0 Å². The van der Waals surface area contributed by atoms with Crippen LogP contribution in [0, 0.1) is 25.1 Å². The number of nitrogens with zero attached hydrogens (tertiary/aromatic N) is 3. The van der Waals surface area contributed by atoms with E-state index in [0.717, 1.165) is 42.7 Å². The topological polar surface area (TPSA) is 84.8 Å². The smallest absolute Gasteiger partial charge is 0.337 e. The Labute approximate surface area is 242 Å². The molecule has 0 saturated carbocycles. The van der Waals surface area contributed by atoms with Crippen molar-refractivity contribution in [2.75, 3.05) is 24.6 Å². The molecular formula is C33H42FN3O4. The van der Waals surface area contributed by atoms with Crippen LogP contribution < -0.4 is 9.64 Å². The van der Waals surface area contributed by atoms with E-state index in [4.69, 9.17) is 14.5 Å². The monoisotopic (exact) mass is 563 g/mol. The molecule has 220 valence electrons. The largest absolute Gasteiger partial charge is 0.492 e. The van der Waals surface area contributed by atoms with E-state index in [2.05, 4.69) is 23.7 Å². The van der Waals surface area contributed by atoms with Gasteiger partial charge in [0.15, 0.2) is 6.10 Å². The van der Waals surface area contributed by atoms with Crippen molar-refractivity contribution in [2.45, 2.75) is 79.4 Å². The highest BCUT2D eigenvalue weighted by molar-refractivity contribution is 5.85. The molecule has 8 heteroatoms. The number of piperidine rings is 1. The van der Waals surface area contributed by atoms with Crippen molar-refractivity contribution in [1.29, 1.82) is 0 Å². The molecule has 1 aliphatic heterocycles.